The molecule has 16 heavy (non-hydrogen) atoms. The van der Waals surface area contributed by atoms with Crippen molar-refractivity contribution < 1.29 is 8.76 Å². The van der Waals surface area contributed by atoms with Gasteiger partial charge in [-0.15, -0.1) is 0 Å². The zero-order valence-corrected chi connectivity index (χ0v) is 10.5. The molecule has 0 saturated heterocycles. The minimum absolute atomic E-state index is 0.0188. The van der Waals surface area contributed by atoms with Crippen LogP contribution in [0.1, 0.15) is 0 Å². The predicted octanol–water partition coefficient (Wildman–Crippen LogP) is 2.83. The molecule has 0 aliphatic carbocycles. The molecule has 0 amide bonds. The van der Waals surface area contributed by atoms with Crippen molar-refractivity contribution in [3.05, 3.63) is 27.6 Å². The Labute approximate surface area is 108 Å². The summed E-state index contributed by atoms with van der Waals surface area (Å²) in [6.45, 7) is 0. The van der Waals surface area contributed by atoms with Gasteiger partial charge in [-0.25, -0.2) is 9.97 Å². The molecule has 0 radical (unpaired) electrons. The number of fused-ring (bicyclic) bond motifs is 1. The van der Waals surface area contributed by atoms with Gasteiger partial charge in [0.05, 0.1) is 10.5 Å². The van der Waals surface area contributed by atoms with Crippen molar-refractivity contribution in [1.82, 2.24) is 9.97 Å². The van der Waals surface area contributed by atoms with Crippen molar-refractivity contribution in [2.75, 3.05) is 0 Å². The van der Waals surface area contributed by atoms with Crippen molar-refractivity contribution in [1.29, 1.82) is 0 Å². The zero-order chi connectivity index (χ0) is 11.9. The molecule has 2 rings (SSSR count). The normalized spacial score (nSPS) is 13.0. The number of halogens is 3. The summed E-state index contributed by atoms with van der Waals surface area (Å²) in [7, 11) is 0. The van der Waals surface area contributed by atoms with Gasteiger partial charge in [-0.1, -0.05) is 23.2 Å². The van der Waals surface area contributed by atoms with Crippen LogP contribution in [-0.2, 0) is 11.1 Å². The molecule has 0 N–H and O–H groups in total. The van der Waals surface area contributed by atoms with E-state index in [1.807, 2.05) is 0 Å². The second-order valence-electron chi connectivity index (χ2n) is 2.82. The second kappa shape index (κ2) is 4.43. The maximum absolute atomic E-state index is 10.8. The molecule has 0 saturated carbocycles. The summed E-state index contributed by atoms with van der Waals surface area (Å²) in [4.78, 5) is 7.60. The Morgan fingerprint density at radius 1 is 1.19 bits per heavy atom. The molecule has 0 bridgehead atoms. The highest BCUT2D eigenvalue weighted by Gasteiger charge is 2.10. The summed E-state index contributed by atoms with van der Waals surface area (Å²) >= 11 is 14.9. The lowest BCUT2D eigenvalue weighted by Crippen LogP contribution is -1.93. The second-order valence-corrected chi connectivity index (χ2v) is 4.86. The van der Waals surface area contributed by atoms with Crippen LogP contribution in [0, 0.1) is 0 Å². The van der Waals surface area contributed by atoms with Crippen LogP contribution in [-0.4, -0.2) is 18.7 Å². The van der Waals surface area contributed by atoms with E-state index in [9.17, 15) is 8.76 Å². The fourth-order valence-corrected chi connectivity index (χ4v) is 2.39. The molecule has 1 atom stereocenters. The molecule has 1 heterocycles. The Kier molecular flexibility index (Phi) is 3.32. The summed E-state index contributed by atoms with van der Waals surface area (Å²) < 4.78 is 21.6. The van der Waals surface area contributed by atoms with Crippen LogP contribution >= 0.6 is 34.8 Å². The fourth-order valence-electron chi connectivity index (χ4n) is 1.20. The van der Waals surface area contributed by atoms with Crippen LogP contribution in [0.15, 0.2) is 17.0 Å². The van der Waals surface area contributed by atoms with E-state index < -0.39 is 11.1 Å². The van der Waals surface area contributed by atoms with Crippen molar-refractivity contribution >= 4 is 56.8 Å². The Bertz CT molecular complexity index is 605. The first-order valence-corrected chi connectivity index (χ1v) is 6.11. The van der Waals surface area contributed by atoms with Crippen LogP contribution in [0.4, 0.5) is 0 Å². The van der Waals surface area contributed by atoms with Gasteiger partial charge in [-0.05, 0) is 34.8 Å². The van der Waals surface area contributed by atoms with Crippen molar-refractivity contribution in [3.8, 4) is 0 Å². The number of hydrogen-bond donors (Lipinski definition) is 0. The SMILES string of the molecule is O=S([O-])c1cc(Cl)c2nc(Cl)nc(Cl)c2c1. The number of hydrogen-bond acceptors (Lipinski definition) is 4. The first kappa shape index (κ1) is 12.0. The van der Waals surface area contributed by atoms with Crippen LogP contribution in [0.5, 0.6) is 0 Å². The van der Waals surface area contributed by atoms with E-state index >= 15 is 0 Å². The summed E-state index contributed by atoms with van der Waals surface area (Å²) in [5.41, 5.74) is 0.320. The lowest BCUT2D eigenvalue weighted by atomic mass is 10.2. The van der Waals surface area contributed by atoms with Gasteiger partial charge < -0.3 is 4.55 Å². The third-order valence-electron chi connectivity index (χ3n) is 1.85. The predicted molar refractivity (Wildman–Crippen MR) is 61.8 cm³/mol. The first-order chi connectivity index (χ1) is 7.49. The van der Waals surface area contributed by atoms with Crippen LogP contribution in [0.25, 0.3) is 10.9 Å². The van der Waals surface area contributed by atoms with Crippen molar-refractivity contribution in [2.45, 2.75) is 4.90 Å². The minimum atomic E-state index is -2.39. The van der Waals surface area contributed by atoms with Gasteiger partial charge >= 0.3 is 0 Å². The molecule has 0 fully saturated rings. The van der Waals surface area contributed by atoms with Crippen LogP contribution < -0.4 is 0 Å². The Balaban J connectivity index is 2.87. The molecule has 1 aromatic heterocycles. The largest absolute Gasteiger partial charge is 0.768 e. The van der Waals surface area contributed by atoms with E-state index in [1.54, 1.807) is 0 Å². The molecule has 2 aromatic rings. The van der Waals surface area contributed by atoms with Crippen LogP contribution in [0.3, 0.4) is 0 Å². The van der Waals surface area contributed by atoms with Crippen molar-refractivity contribution in [3.63, 3.8) is 0 Å². The summed E-state index contributed by atoms with van der Waals surface area (Å²) in [5, 5.41) is 0.514. The smallest absolute Gasteiger partial charge is 0.224 e. The highest BCUT2D eigenvalue weighted by molar-refractivity contribution is 7.79. The third-order valence-corrected chi connectivity index (χ3v) is 3.21. The van der Waals surface area contributed by atoms with Gasteiger partial charge in [0.25, 0.3) is 0 Å². The molecular formula is C8H2Cl3N2O2S-. The van der Waals surface area contributed by atoms with E-state index in [0.717, 1.165) is 0 Å². The van der Waals surface area contributed by atoms with Gasteiger partial charge in [0.2, 0.25) is 5.28 Å². The highest BCUT2D eigenvalue weighted by Crippen LogP contribution is 2.30. The minimum Gasteiger partial charge on any atom is -0.768 e. The number of benzene rings is 1. The summed E-state index contributed by atoms with van der Waals surface area (Å²) in [5.74, 6) is 0. The van der Waals surface area contributed by atoms with Crippen LogP contribution in [0.2, 0.25) is 15.5 Å². The number of nitrogens with zero attached hydrogens (tertiary/aromatic N) is 2. The maximum Gasteiger partial charge on any atom is 0.224 e. The van der Waals surface area contributed by atoms with E-state index in [4.69, 9.17) is 34.8 Å². The average molecular weight is 297 g/mol. The van der Waals surface area contributed by atoms with Gasteiger partial charge in [0.1, 0.15) is 5.15 Å². The number of rotatable bonds is 1. The molecule has 1 unspecified atom stereocenters. The molecule has 1 aromatic carbocycles. The molecule has 8 heteroatoms. The third kappa shape index (κ3) is 2.14. The molecule has 0 aliphatic rings. The molecule has 4 nitrogen and oxygen atoms in total. The fraction of sp³-hybridized carbons (Fsp3) is 0. The number of aromatic nitrogens is 2. The topological polar surface area (TPSA) is 65.9 Å². The monoisotopic (exact) mass is 295 g/mol. The quantitative estimate of drug-likeness (QED) is 0.461. The standard InChI is InChI=1S/C8H3Cl3N2O2S/c9-5-2-3(16(14)15)1-4-6(5)12-8(11)13-7(4)10/h1-2H,(H,14,15)/p-1. The summed E-state index contributed by atoms with van der Waals surface area (Å²) in [6, 6.07) is 2.61. The van der Waals surface area contributed by atoms with E-state index in [1.165, 1.54) is 12.1 Å². The Morgan fingerprint density at radius 3 is 2.50 bits per heavy atom. The Hall–Kier alpha value is -0.460. The van der Waals surface area contributed by atoms with E-state index in [2.05, 4.69) is 9.97 Å². The average Bonchev–Trinajstić information content (AvgIpc) is 2.19. The zero-order valence-electron chi connectivity index (χ0n) is 7.41. The molecule has 0 aliphatic heterocycles. The van der Waals surface area contributed by atoms with Crippen molar-refractivity contribution in [2.24, 2.45) is 0 Å². The molecule has 0 spiro atoms. The highest BCUT2D eigenvalue weighted by atomic mass is 35.5. The van der Waals surface area contributed by atoms with Gasteiger partial charge in [0.15, 0.2) is 0 Å². The lowest BCUT2D eigenvalue weighted by molar-refractivity contribution is 0.537. The summed E-state index contributed by atoms with van der Waals surface area (Å²) in [6.07, 6.45) is 0. The molecule has 84 valence electrons. The van der Waals surface area contributed by atoms with Gasteiger partial charge in [-0.3, -0.25) is 4.21 Å². The van der Waals surface area contributed by atoms with Gasteiger partial charge in [0, 0.05) is 10.3 Å². The van der Waals surface area contributed by atoms with E-state index in [-0.39, 0.29) is 20.4 Å². The first-order valence-electron chi connectivity index (χ1n) is 3.90. The van der Waals surface area contributed by atoms with Gasteiger partial charge in [-0.2, -0.15) is 0 Å². The Morgan fingerprint density at radius 2 is 1.88 bits per heavy atom. The molecular weight excluding hydrogens is 295 g/mol. The van der Waals surface area contributed by atoms with E-state index in [0.29, 0.717) is 10.9 Å². The maximum atomic E-state index is 10.8. The lowest BCUT2D eigenvalue weighted by Gasteiger charge is -2.08.